The summed E-state index contributed by atoms with van der Waals surface area (Å²) in [6.07, 6.45) is 1.87. The number of para-hydroxylation sites is 1. The van der Waals surface area contributed by atoms with E-state index in [1.807, 2.05) is 28.6 Å². The number of nitrogens with zero attached hydrogens (tertiary/aromatic N) is 2. The normalized spacial score (nSPS) is 16.8. The van der Waals surface area contributed by atoms with Crippen molar-refractivity contribution in [1.82, 2.24) is 4.90 Å². The molecule has 0 bridgehead atoms. The first-order valence-electron chi connectivity index (χ1n) is 10.4. The number of allylic oxidation sites excluding steroid dienone is 1. The number of amides is 1. The number of ether oxygens (including phenoxy) is 2. The van der Waals surface area contributed by atoms with Gasteiger partial charge in [0.25, 0.3) is 5.91 Å². The van der Waals surface area contributed by atoms with E-state index in [1.54, 1.807) is 44.2 Å². The number of carbonyl (C=O) groups excluding carboxylic acids is 2. The SMILES string of the molecule is CCOC(=O)C1=C(C)N=C2SC=CN2[C@@H]1c1ccccc1OCC(=O)Nc1ccc(Cl)cc1Cl. The van der Waals surface area contributed by atoms with Crippen LogP contribution in [-0.4, -0.2) is 35.2 Å². The van der Waals surface area contributed by atoms with E-state index in [-0.39, 0.29) is 19.1 Å². The first kappa shape index (κ1) is 24.2. The summed E-state index contributed by atoms with van der Waals surface area (Å²) in [4.78, 5) is 31.9. The summed E-state index contributed by atoms with van der Waals surface area (Å²) in [7, 11) is 0. The van der Waals surface area contributed by atoms with Gasteiger partial charge in [0, 0.05) is 16.8 Å². The first-order valence-corrected chi connectivity index (χ1v) is 12.1. The van der Waals surface area contributed by atoms with Crippen molar-refractivity contribution in [2.75, 3.05) is 18.5 Å². The zero-order valence-corrected chi connectivity index (χ0v) is 20.7. The van der Waals surface area contributed by atoms with Crippen molar-refractivity contribution in [3.8, 4) is 5.75 Å². The molecule has 176 valence electrons. The molecule has 0 saturated carbocycles. The molecule has 0 aromatic heterocycles. The van der Waals surface area contributed by atoms with Crippen molar-refractivity contribution in [3.63, 3.8) is 0 Å². The molecule has 0 saturated heterocycles. The lowest BCUT2D eigenvalue weighted by atomic mass is 9.94. The number of hydrogen-bond donors (Lipinski definition) is 1. The van der Waals surface area contributed by atoms with Gasteiger partial charge in [0.05, 0.1) is 34.6 Å². The van der Waals surface area contributed by atoms with Gasteiger partial charge in [-0.1, -0.05) is 53.2 Å². The lowest BCUT2D eigenvalue weighted by Gasteiger charge is -2.34. The molecule has 0 spiro atoms. The summed E-state index contributed by atoms with van der Waals surface area (Å²) in [5, 5.41) is 6.16. The van der Waals surface area contributed by atoms with E-state index < -0.39 is 12.0 Å². The highest BCUT2D eigenvalue weighted by atomic mass is 35.5. The zero-order valence-electron chi connectivity index (χ0n) is 18.4. The van der Waals surface area contributed by atoms with Gasteiger partial charge in [-0.05, 0) is 43.5 Å². The number of thioether (sulfide) groups is 1. The molecule has 0 fully saturated rings. The van der Waals surface area contributed by atoms with Gasteiger partial charge in [0.1, 0.15) is 5.75 Å². The summed E-state index contributed by atoms with van der Waals surface area (Å²) >= 11 is 13.5. The summed E-state index contributed by atoms with van der Waals surface area (Å²) in [5.74, 6) is -0.368. The van der Waals surface area contributed by atoms with Crippen molar-refractivity contribution in [2.45, 2.75) is 19.9 Å². The lowest BCUT2D eigenvalue weighted by molar-refractivity contribution is -0.139. The predicted molar refractivity (Wildman–Crippen MR) is 135 cm³/mol. The number of nitrogens with one attached hydrogen (secondary N) is 1. The van der Waals surface area contributed by atoms with E-state index in [0.717, 1.165) is 5.17 Å². The van der Waals surface area contributed by atoms with Crippen molar-refractivity contribution >= 4 is 57.7 Å². The first-order chi connectivity index (χ1) is 16.4. The van der Waals surface area contributed by atoms with Crippen molar-refractivity contribution in [2.24, 2.45) is 4.99 Å². The van der Waals surface area contributed by atoms with Crippen LogP contribution in [0, 0.1) is 0 Å². The summed E-state index contributed by atoms with van der Waals surface area (Å²) < 4.78 is 11.2. The average Bonchev–Trinajstić information content (AvgIpc) is 3.27. The molecule has 4 rings (SSSR count). The Balaban J connectivity index is 1.59. The molecule has 7 nitrogen and oxygen atoms in total. The quantitative estimate of drug-likeness (QED) is 0.469. The minimum absolute atomic E-state index is 0.245. The number of rotatable bonds is 7. The molecule has 1 N–H and O–H groups in total. The minimum atomic E-state index is -0.511. The Morgan fingerprint density at radius 2 is 2.00 bits per heavy atom. The molecule has 0 unspecified atom stereocenters. The van der Waals surface area contributed by atoms with Crippen LogP contribution >= 0.6 is 35.0 Å². The Morgan fingerprint density at radius 1 is 1.21 bits per heavy atom. The maximum Gasteiger partial charge on any atom is 0.338 e. The number of carbonyl (C=O) groups is 2. The fraction of sp³-hybridized carbons (Fsp3) is 0.208. The Bertz CT molecular complexity index is 1230. The number of halogens is 2. The van der Waals surface area contributed by atoms with Crippen molar-refractivity contribution in [1.29, 1.82) is 0 Å². The molecule has 2 aliphatic heterocycles. The van der Waals surface area contributed by atoms with Crippen LogP contribution in [-0.2, 0) is 14.3 Å². The van der Waals surface area contributed by atoms with E-state index in [1.165, 1.54) is 11.8 Å². The van der Waals surface area contributed by atoms with Crippen LogP contribution in [0.25, 0.3) is 0 Å². The van der Waals surface area contributed by atoms with Crippen molar-refractivity contribution < 1.29 is 19.1 Å². The van der Waals surface area contributed by atoms with Crippen LogP contribution in [0.4, 0.5) is 5.69 Å². The molecule has 10 heteroatoms. The van der Waals surface area contributed by atoms with Crippen LogP contribution in [0.5, 0.6) is 5.75 Å². The van der Waals surface area contributed by atoms with E-state index in [0.29, 0.717) is 38.3 Å². The van der Waals surface area contributed by atoms with Gasteiger partial charge in [0.2, 0.25) is 0 Å². The van der Waals surface area contributed by atoms with E-state index in [2.05, 4.69) is 10.3 Å². The van der Waals surface area contributed by atoms with Gasteiger partial charge < -0.3 is 19.7 Å². The monoisotopic (exact) mass is 517 g/mol. The second kappa shape index (κ2) is 10.5. The third-order valence-electron chi connectivity index (χ3n) is 5.09. The molecular weight excluding hydrogens is 497 g/mol. The highest BCUT2D eigenvalue weighted by Crippen LogP contribution is 2.43. The zero-order chi connectivity index (χ0) is 24.2. The molecule has 0 aliphatic carbocycles. The van der Waals surface area contributed by atoms with Crippen LogP contribution in [0.2, 0.25) is 10.0 Å². The molecule has 2 aromatic carbocycles. The Hall–Kier alpha value is -2.94. The third-order valence-corrected chi connectivity index (χ3v) is 6.41. The summed E-state index contributed by atoms with van der Waals surface area (Å²) in [5.41, 5.74) is 2.15. The molecule has 2 aromatic rings. The summed E-state index contributed by atoms with van der Waals surface area (Å²) in [6, 6.07) is 11.6. The number of aliphatic imine (C=N–C) groups is 1. The van der Waals surface area contributed by atoms with Gasteiger partial charge >= 0.3 is 5.97 Å². The maximum atomic E-state index is 12.9. The van der Waals surface area contributed by atoms with Crippen LogP contribution in [0.15, 0.2) is 70.3 Å². The molecule has 2 heterocycles. The lowest BCUT2D eigenvalue weighted by Crippen LogP contribution is -2.34. The Labute approximate surface area is 211 Å². The summed E-state index contributed by atoms with van der Waals surface area (Å²) in [6.45, 7) is 3.53. The highest BCUT2D eigenvalue weighted by molar-refractivity contribution is 8.16. The van der Waals surface area contributed by atoms with Crippen LogP contribution in [0.3, 0.4) is 0 Å². The van der Waals surface area contributed by atoms with Gasteiger partial charge in [-0.2, -0.15) is 0 Å². The molecule has 2 aliphatic rings. The van der Waals surface area contributed by atoms with Crippen LogP contribution in [0.1, 0.15) is 25.5 Å². The standard InChI is InChI=1S/C24H21Cl2N3O4S/c1-3-32-23(31)21-14(2)27-24-29(10-11-34-24)22(21)16-6-4-5-7-19(16)33-13-20(30)28-18-9-8-15(25)12-17(18)26/h4-12,22H,3,13H2,1-2H3,(H,28,30)/t22-/m1/s1. The van der Waals surface area contributed by atoms with Gasteiger partial charge in [-0.25, -0.2) is 9.79 Å². The highest BCUT2D eigenvalue weighted by Gasteiger charge is 2.38. The maximum absolute atomic E-state index is 12.9. The Kier molecular flexibility index (Phi) is 7.50. The fourth-order valence-corrected chi connectivity index (χ4v) is 4.88. The van der Waals surface area contributed by atoms with E-state index >= 15 is 0 Å². The molecule has 0 radical (unpaired) electrons. The number of hydrogen-bond acceptors (Lipinski definition) is 7. The number of fused-ring (bicyclic) bond motifs is 1. The van der Waals surface area contributed by atoms with E-state index in [4.69, 9.17) is 32.7 Å². The third kappa shape index (κ3) is 5.09. The number of benzene rings is 2. The largest absolute Gasteiger partial charge is 0.483 e. The molecule has 34 heavy (non-hydrogen) atoms. The van der Waals surface area contributed by atoms with Gasteiger partial charge in [-0.3, -0.25) is 4.79 Å². The minimum Gasteiger partial charge on any atom is -0.483 e. The second-order valence-corrected chi connectivity index (χ2v) is 9.04. The molecule has 1 atom stereocenters. The average molecular weight is 518 g/mol. The van der Waals surface area contributed by atoms with Gasteiger partial charge in [-0.15, -0.1) is 0 Å². The van der Waals surface area contributed by atoms with Crippen LogP contribution < -0.4 is 10.1 Å². The van der Waals surface area contributed by atoms with Gasteiger partial charge in [0.15, 0.2) is 11.8 Å². The van der Waals surface area contributed by atoms with Crippen molar-refractivity contribution in [3.05, 3.63) is 81.0 Å². The number of amidine groups is 1. The van der Waals surface area contributed by atoms with E-state index in [9.17, 15) is 9.59 Å². The Morgan fingerprint density at radius 3 is 2.76 bits per heavy atom. The topological polar surface area (TPSA) is 80.2 Å². The predicted octanol–water partition coefficient (Wildman–Crippen LogP) is 5.78. The number of esters is 1. The molecular formula is C24H21Cl2N3O4S. The molecule has 1 amide bonds. The number of anilines is 1. The second-order valence-electron chi connectivity index (χ2n) is 7.33. The fourth-order valence-electron chi connectivity index (χ4n) is 3.63. The smallest absolute Gasteiger partial charge is 0.338 e.